The molecule has 0 spiro atoms. The van der Waals surface area contributed by atoms with E-state index in [-0.39, 0.29) is 6.04 Å². The number of aromatic nitrogens is 1. The topological polar surface area (TPSA) is 40.2 Å². The predicted molar refractivity (Wildman–Crippen MR) is 96.0 cm³/mol. The van der Waals surface area contributed by atoms with Crippen LogP contribution in [-0.2, 0) is 19.4 Å². The Balaban J connectivity index is 1.93. The first-order chi connectivity index (χ1) is 11.2. The second-order valence-electron chi connectivity index (χ2n) is 6.15. The smallest absolute Gasteiger partial charge is 0.119 e. The summed E-state index contributed by atoms with van der Waals surface area (Å²) in [6, 6.07) is 17.0. The Morgan fingerprint density at radius 3 is 2.61 bits per heavy atom. The first-order valence-electron chi connectivity index (χ1n) is 8.12. The van der Waals surface area contributed by atoms with E-state index in [1.165, 1.54) is 22.0 Å². The first-order valence-corrected chi connectivity index (χ1v) is 8.12. The maximum atomic E-state index is 6.02. The normalized spacial score (nSPS) is 12.5. The summed E-state index contributed by atoms with van der Waals surface area (Å²) in [7, 11) is 1.71. The van der Waals surface area contributed by atoms with Crippen molar-refractivity contribution >= 4 is 10.9 Å². The lowest BCUT2D eigenvalue weighted by atomic mass is 10.1. The van der Waals surface area contributed by atoms with Crippen molar-refractivity contribution in [2.24, 2.45) is 5.73 Å². The van der Waals surface area contributed by atoms with Gasteiger partial charge >= 0.3 is 0 Å². The molecule has 3 heteroatoms. The second-order valence-corrected chi connectivity index (χ2v) is 6.15. The van der Waals surface area contributed by atoms with E-state index in [1.54, 1.807) is 7.11 Å². The molecule has 1 heterocycles. The summed E-state index contributed by atoms with van der Waals surface area (Å²) in [5.74, 6) is 0.893. The molecule has 0 saturated carbocycles. The standard InChI is InChI=1S/C20H24N2O/c1-15(21)12-17-14-22(11-10-16-6-4-3-5-7-16)20-9-8-18(23-2)13-19(17)20/h3-9,13-15H,10-12,21H2,1-2H3. The fourth-order valence-corrected chi connectivity index (χ4v) is 3.07. The summed E-state index contributed by atoms with van der Waals surface area (Å²) < 4.78 is 7.71. The molecular weight excluding hydrogens is 284 g/mol. The number of rotatable bonds is 6. The van der Waals surface area contributed by atoms with E-state index in [9.17, 15) is 0 Å². The molecule has 0 saturated heterocycles. The third-order valence-electron chi connectivity index (χ3n) is 4.20. The number of ether oxygens (including phenoxy) is 1. The largest absolute Gasteiger partial charge is 0.497 e. The van der Waals surface area contributed by atoms with Crippen LogP contribution in [0.15, 0.2) is 54.7 Å². The molecule has 120 valence electrons. The minimum Gasteiger partial charge on any atom is -0.497 e. The Morgan fingerprint density at radius 2 is 1.91 bits per heavy atom. The number of benzene rings is 2. The lowest BCUT2D eigenvalue weighted by Gasteiger charge is -2.06. The molecule has 0 amide bonds. The molecule has 0 radical (unpaired) electrons. The predicted octanol–water partition coefficient (Wildman–Crippen LogP) is 3.78. The van der Waals surface area contributed by atoms with Gasteiger partial charge in [0.1, 0.15) is 5.75 Å². The molecule has 0 bridgehead atoms. The summed E-state index contributed by atoms with van der Waals surface area (Å²) in [6.45, 7) is 3.01. The summed E-state index contributed by atoms with van der Waals surface area (Å²) >= 11 is 0. The second kappa shape index (κ2) is 6.88. The average Bonchev–Trinajstić information content (AvgIpc) is 2.90. The zero-order valence-corrected chi connectivity index (χ0v) is 13.8. The molecule has 1 atom stereocenters. The van der Waals surface area contributed by atoms with Gasteiger partial charge in [-0.05, 0) is 49.1 Å². The fourth-order valence-electron chi connectivity index (χ4n) is 3.07. The highest BCUT2D eigenvalue weighted by atomic mass is 16.5. The fraction of sp³-hybridized carbons (Fsp3) is 0.300. The van der Waals surface area contributed by atoms with Gasteiger partial charge in [-0.25, -0.2) is 0 Å². The van der Waals surface area contributed by atoms with Gasteiger partial charge in [-0.2, -0.15) is 0 Å². The number of nitrogens with zero attached hydrogens (tertiary/aromatic N) is 1. The molecular formula is C20H24N2O. The van der Waals surface area contributed by atoms with Gasteiger partial charge < -0.3 is 15.0 Å². The lowest BCUT2D eigenvalue weighted by molar-refractivity contribution is 0.415. The van der Waals surface area contributed by atoms with E-state index in [4.69, 9.17) is 10.5 Å². The van der Waals surface area contributed by atoms with Crippen molar-refractivity contribution in [3.63, 3.8) is 0 Å². The van der Waals surface area contributed by atoms with Gasteiger partial charge in [0, 0.05) is 29.7 Å². The average molecular weight is 308 g/mol. The molecule has 3 nitrogen and oxygen atoms in total. The Kier molecular flexibility index (Phi) is 4.68. The van der Waals surface area contributed by atoms with Crippen LogP contribution in [0.3, 0.4) is 0 Å². The van der Waals surface area contributed by atoms with Gasteiger partial charge in [0.05, 0.1) is 7.11 Å². The van der Waals surface area contributed by atoms with Gasteiger partial charge in [-0.1, -0.05) is 30.3 Å². The van der Waals surface area contributed by atoms with Crippen LogP contribution in [0.2, 0.25) is 0 Å². The van der Waals surface area contributed by atoms with E-state index in [1.807, 2.05) is 13.0 Å². The maximum Gasteiger partial charge on any atom is 0.119 e. The van der Waals surface area contributed by atoms with Crippen molar-refractivity contribution in [1.29, 1.82) is 0 Å². The number of hydrogen-bond acceptors (Lipinski definition) is 2. The zero-order valence-electron chi connectivity index (χ0n) is 13.8. The van der Waals surface area contributed by atoms with Crippen molar-refractivity contribution in [2.75, 3.05) is 7.11 Å². The van der Waals surface area contributed by atoms with Gasteiger partial charge in [0.2, 0.25) is 0 Å². The van der Waals surface area contributed by atoms with E-state index < -0.39 is 0 Å². The minimum absolute atomic E-state index is 0.148. The van der Waals surface area contributed by atoms with Crippen molar-refractivity contribution in [2.45, 2.75) is 32.4 Å². The molecule has 0 aliphatic rings. The minimum atomic E-state index is 0.148. The molecule has 1 unspecified atom stereocenters. The SMILES string of the molecule is COc1ccc2c(c1)c(CC(C)N)cn2CCc1ccccc1. The van der Waals surface area contributed by atoms with Crippen LogP contribution in [0.5, 0.6) is 5.75 Å². The monoisotopic (exact) mass is 308 g/mol. The Hall–Kier alpha value is -2.26. The van der Waals surface area contributed by atoms with Gasteiger partial charge in [-0.15, -0.1) is 0 Å². The van der Waals surface area contributed by atoms with Gasteiger partial charge in [0.15, 0.2) is 0 Å². The van der Waals surface area contributed by atoms with E-state index in [0.717, 1.165) is 25.1 Å². The summed E-state index contributed by atoms with van der Waals surface area (Å²) in [5.41, 5.74) is 9.92. The molecule has 3 rings (SSSR count). The highest BCUT2D eigenvalue weighted by Crippen LogP contribution is 2.27. The van der Waals surface area contributed by atoms with Crippen LogP contribution in [0.4, 0.5) is 0 Å². The molecule has 2 aromatic carbocycles. The first kappa shape index (κ1) is 15.6. The molecule has 0 fully saturated rings. The number of fused-ring (bicyclic) bond motifs is 1. The third-order valence-corrected chi connectivity index (χ3v) is 4.20. The highest BCUT2D eigenvalue weighted by Gasteiger charge is 2.11. The number of methoxy groups -OCH3 is 1. The van der Waals surface area contributed by atoms with E-state index in [0.29, 0.717) is 0 Å². The Morgan fingerprint density at radius 1 is 1.13 bits per heavy atom. The number of aryl methyl sites for hydroxylation is 2. The van der Waals surface area contributed by atoms with Crippen LogP contribution in [0, 0.1) is 0 Å². The van der Waals surface area contributed by atoms with Crippen LogP contribution in [0.1, 0.15) is 18.1 Å². The van der Waals surface area contributed by atoms with Crippen LogP contribution in [-0.4, -0.2) is 17.7 Å². The zero-order chi connectivity index (χ0) is 16.2. The summed E-state index contributed by atoms with van der Waals surface area (Å²) in [6.07, 6.45) is 4.15. The van der Waals surface area contributed by atoms with E-state index in [2.05, 4.69) is 53.2 Å². The molecule has 1 aromatic heterocycles. The highest BCUT2D eigenvalue weighted by molar-refractivity contribution is 5.85. The molecule has 0 aliphatic carbocycles. The van der Waals surface area contributed by atoms with Crippen LogP contribution >= 0.6 is 0 Å². The van der Waals surface area contributed by atoms with Crippen molar-refractivity contribution < 1.29 is 4.74 Å². The maximum absolute atomic E-state index is 6.02. The van der Waals surface area contributed by atoms with Crippen molar-refractivity contribution in [1.82, 2.24) is 4.57 Å². The molecule has 23 heavy (non-hydrogen) atoms. The van der Waals surface area contributed by atoms with Gasteiger partial charge in [-0.3, -0.25) is 0 Å². The van der Waals surface area contributed by atoms with Crippen molar-refractivity contribution in [3.05, 3.63) is 65.9 Å². The van der Waals surface area contributed by atoms with Gasteiger partial charge in [0.25, 0.3) is 0 Å². The summed E-state index contributed by atoms with van der Waals surface area (Å²) in [5, 5.41) is 1.25. The Labute approximate surface area is 137 Å². The quantitative estimate of drug-likeness (QED) is 0.753. The third kappa shape index (κ3) is 3.57. The lowest BCUT2D eigenvalue weighted by Crippen LogP contribution is -2.17. The summed E-state index contributed by atoms with van der Waals surface area (Å²) in [4.78, 5) is 0. The Bertz CT molecular complexity index is 775. The van der Waals surface area contributed by atoms with Crippen LogP contribution < -0.4 is 10.5 Å². The van der Waals surface area contributed by atoms with E-state index >= 15 is 0 Å². The molecule has 3 aromatic rings. The number of nitrogens with two attached hydrogens (primary N) is 1. The van der Waals surface area contributed by atoms with Crippen LogP contribution in [0.25, 0.3) is 10.9 Å². The molecule has 0 aliphatic heterocycles. The van der Waals surface area contributed by atoms with Crippen molar-refractivity contribution in [3.8, 4) is 5.75 Å². The molecule has 2 N–H and O–H groups in total. The number of hydrogen-bond donors (Lipinski definition) is 1.